The minimum absolute atomic E-state index is 0.0514. The standard InChI is InChI=1S/C21H22BrFN2O2/c1-21(2,16-6-4-3-5-7-16)20(27)25-12-10-24(11-13-25)19(26)15-8-9-17(22)18(23)14-15/h3-9,14H,10-13H2,1-2H3. The van der Waals surface area contributed by atoms with E-state index in [2.05, 4.69) is 15.9 Å². The van der Waals surface area contributed by atoms with Crippen LogP contribution in [0.2, 0.25) is 0 Å². The predicted octanol–water partition coefficient (Wildman–Crippen LogP) is 3.85. The van der Waals surface area contributed by atoms with Gasteiger partial charge in [-0.3, -0.25) is 9.59 Å². The molecule has 0 N–H and O–H groups in total. The smallest absolute Gasteiger partial charge is 0.254 e. The quantitative estimate of drug-likeness (QED) is 0.738. The molecule has 1 saturated heterocycles. The number of piperazine rings is 1. The van der Waals surface area contributed by atoms with Gasteiger partial charge in [0.25, 0.3) is 5.91 Å². The highest BCUT2D eigenvalue weighted by Crippen LogP contribution is 2.26. The van der Waals surface area contributed by atoms with E-state index in [0.717, 1.165) is 5.56 Å². The molecule has 27 heavy (non-hydrogen) atoms. The van der Waals surface area contributed by atoms with Gasteiger partial charge in [0.15, 0.2) is 0 Å². The number of halogens is 2. The Labute approximate surface area is 167 Å². The van der Waals surface area contributed by atoms with Crippen LogP contribution in [-0.2, 0) is 10.2 Å². The Balaban J connectivity index is 1.65. The van der Waals surface area contributed by atoms with Crippen molar-refractivity contribution in [2.75, 3.05) is 26.2 Å². The maximum absolute atomic E-state index is 13.7. The van der Waals surface area contributed by atoms with Gasteiger partial charge in [-0.2, -0.15) is 0 Å². The molecule has 142 valence electrons. The molecule has 2 aromatic carbocycles. The first-order valence-corrected chi connectivity index (χ1v) is 9.69. The van der Waals surface area contributed by atoms with E-state index in [4.69, 9.17) is 0 Å². The molecule has 4 nitrogen and oxygen atoms in total. The molecule has 2 aromatic rings. The second kappa shape index (κ2) is 7.80. The zero-order valence-electron chi connectivity index (χ0n) is 15.4. The molecule has 0 unspecified atom stereocenters. The molecule has 1 aliphatic heterocycles. The van der Waals surface area contributed by atoms with E-state index < -0.39 is 11.2 Å². The molecule has 0 aliphatic carbocycles. The monoisotopic (exact) mass is 432 g/mol. The van der Waals surface area contributed by atoms with E-state index in [0.29, 0.717) is 36.2 Å². The molecule has 3 rings (SSSR count). The number of benzene rings is 2. The van der Waals surface area contributed by atoms with Crippen molar-refractivity contribution in [3.63, 3.8) is 0 Å². The van der Waals surface area contributed by atoms with E-state index in [1.54, 1.807) is 15.9 Å². The fraction of sp³-hybridized carbons (Fsp3) is 0.333. The minimum atomic E-state index is -0.623. The van der Waals surface area contributed by atoms with Gasteiger partial charge in [-0.15, -0.1) is 0 Å². The Morgan fingerprint density at radius 1 is 0.963 bits per heavy atom. The maximum atomic E-state index is 13.7. The van der Waals surface area contributed by atoms with Crippen molar-refractivity contribution in [2.24, 2.45) is 0 Å². The molecular formula is C21H22BrFN2O2. The van der Waals surface area contributed by atoms with Gasteiger partial charge in [0.05, 0.1) is 9.89 Å². The van der Waals surface area contributed by atoms with Gasteiger partial charge in [0, 0.05) is 31.7 Å². The summed E-state index contributed by atoms with van der Waals surface area (Å²) in [5.41, 5.74) is 0.668. The third-order valence-corrected chi connectivity index (χ3v) is 5.69. The number of carbonyl (C=O) groups excluding carboxylic acids is 2. The van der Waals surface area contributed by atoms with E-state index in [1.165, 1.54) is 12.1 Å². The number of hydrogen-bond donors (Lipinski definition) is 0. The first-order chi connectivity index (χ1) is 12.8. The zero-order valence-corrected chi connectivity index (χ0v) is 17.0. The minimum Gasteiger partial charge on any atom is -0.338 e. The summed E-state index contributed by atoms with van der Waals surface area (Å²) in [6.07, 6.45) is 0. The summed E-state index contributed by atoms with van der Waals surface area (Å²) < 4.78 is 14.0. The topological polar surface area (TPSA) is 40.6 Å². The lowest BCUT2D eigenvalue weighted by Crippen LogP contribution is -2.54. The van der Waals surface area contributed by atoms with Crippen LogP contribution in [0.15, 0.2) is 53.0 Å². The maximum Gasteiger partial charge on any atom is 0.254 e. The first-order valence-electron chi connectivity index (χ1n) is 8.90. The van der Waals surface area contributed by atoms with Crippen LogP contribution in [0.1, 0.15) is 29.8 Å². The summed E-state index contributed by atoms with van der Waals surface area (Å²) in [6.45, 7) is 5.67. The molecule has 0 atom stereocenters. The molecule has 1 fully saturated rings. The highest BCUT2D eigenvalue weighted by molar-refractivity contribution is 9.10. The Morgan fingerprint density at radius 3 is 2.15 bits per heavy atom. The molecule has 0 radical (unpaired) electrons. The molecule has 0 aromatic heterocycles. The number of hydrogen-bond acceptors (Lipinski definition) is 2. The predicted molar refractivity (Wildman–Crippen MR) is 106 cm³/mol. The number of nitrogens with zero attached hydrogens (tertiary/aromatic N) is 2. The van der Waals surface area contributed by atoms with Crippen molar-refractivity contribution in [1.82, 2.24) is 9.80 Å². The van der Waals surface area contributed by atoms with Crippen LogP contribution < -0.4 is 0 Å². The Hall–Kier alpha value is -2.21. The van der Waals surface area contributed by atoms with Crippen molar-refractivity contribution in [2.45, 2.75) is 19.3 Å². The Kier molecular flexibility index (Phi) is 5.65. The van der Waals surface area contributed by atoms with Crippen molar-refractivity contribution in [3.05, 3.63) is 69.9 Å². The van der Waals surface area contributed by atoms with Crippen molar-refractivity contribution in [3.8, 4) is 0 Å². The average Bonchev–Trinajstić information content (AvgIpc) is 2.69. The molecule has 0 spiro atoms. The largest absolute Gasteiger partial charge is 0.338 e. The van der Waals surface area contributed by atoms with Gasteiger partial charge in [0.2, 0.25) is 5.91 Å². The van der Waals surface area contributed by atoms with E-state index >= 15 is 0 Å². The number of rotatable bonds is 3. The highest BCUT2D eigenvalue weighted by Gasteiger charge is 2.35. The second-order valence-electron chi connectivity index (χ2n) is 7.20. The lowest BCUT2D eigenvalue weighted by atomic mass is 9.83. The van der Waals surface area contributed by atoms with Gasteiger partial charge in [-0.05, 0) is 53.5 Å². The van der Waals surface area contributed by atoms with E-state index in [1.807, 2.05) is 44.2 Å². The van der Waals surface area contributed by atoms with Gasteiger partial charge in [0.1, 0.15) is 5.82 Å². The molecule has 1 aliphatic rings. The van der Waals surface area contributed by atoms with Crippen LogP contribution in [0.4, 0.5) is 4.39 Å². The van der Waals surface area contributed by atoms with Crippen LogP contribution in [0, 0.1) is 5.82 Å². The fourth-order valence-electron chi connectivity index (χ4n) is 3.30. The summed E-state index contributed by atoms with van der Waals surface area (Å²) in [6, 6.07) is 14.1. The third kappa shape index (κ3) is 4.05. The van der Waals surface area contributed by atoms with Crippen LogP contribution in [0.25, 0.3) is 0 Å². The molecule has 0 saturated carbocycles. The Morgan fingerprint density at radius 2 is 1.56 bits per heavy atom. The van der Waals surface area contributed by atoms with Gasteiger partial charge in [-0.1, -0.05) is 30.3 Å². The summed E-state index contributed by atoms with van der Waals surface area (Å²) in [7, 11) is 0. The summed E-state index contributed by atoms with van der Waals surface area (Å²) in [5, 5.41) is 0. The molecule has 2 amide bonds. The zero-order chi connectivity index (χ0) is 19.6. The number of amides is 2. The van der Waals surface area contributed by atoms with Crippen LogP contribution in [0.3, 0.4) is 0 Å². The third-order valence-electron chi connectivity index (χ3n) is 5.05. The normalized spacial score (nSPS) is 15.0. The lowest BCUT2D eigenvalue weighted by Gasteiger charge is -2.38. The van der Waals surface area contributed by atoms with Crippen LogP contribution in [0.5, 0.6) is 0 Å². The van der Waals surface area contributed by atoms with Crippen molar-refractivity contribution in [1.29, 1.82) is 0 Å². The average molecular weight is 433 g/mol. The van der Waals surface area contributed by atoms with E-state index in [-0.39, 0.29) is 11.8 Å². The lowest BCUT2D eigenvalue weighted by molar-refractivity contribution is -0.137. The van der Waals surface area contributed by atoms with Crippen LogP contribution in [-0.4, -0.2) is 47.8 Å². The molecule has 1 heterocycles. The first kappa shape index (κ1) is 19.5. The fourth-order valence-corrected chi connectivity index (χ4v) is 3.54. The van der Waals surface area contributed by atoms with Gasteiger partial charge < -0.3 is 9.80 Å². The van der Waals surface area contributed by atoms with Crippen molar-refractivity contribution < 1.29 is 14.0 Å². The Bertz CT molecular complexity index is 847. The molecule has 6 heteroatoms. The highest BCUT2D eigenvalue weighted by atomic mass is 79.9. The SMILES string of the molecule is CC(C)(C(=O)N1CCN(C(=O)c2ccc(Br)c(F)c2)CC1)c1ccccc1. The second-order valence-corrected chi connectivity index (χ2v) is 8.06. The number of carbonyl (C=O) groups is 2. The van der Waals surface area contributed by atoms with Crippen LogP contribution >= 0.6 is 15.9 Å². The van der Waals surface area contributed by atoms with Gasteiger partial charge >= 0.3 is 0 Å². The van der Waals surface area contributed by atoms with E-state index in [9.17, 15) is 14.0 Å². The molecular weight excluding hydrogens is 411 g/mol. The van der Waals surface area contributed by atoms with Crippen molar-refractivity contribution >= 4 is 27.7 Å². The van der Waals surface area contributed by atoms with Gasteiger partial charge in [-0.25, -0.2) is 4.39 Å². The summed E-state index contributed by atoms with van der Waals surface area (Å²) in [5.74, 6) is -0.620. The summed E-state index contributed by atoms with van der Waals surface area (Å²) >= 11 is 3.09. The molecule has 0 bridgehead atoms. The summed E-state index contributed by atoms with van der Waals surface area (Å²) in [4.78, 5) is 29.1.